The Bertz CT molecular complexity index is 1210. The lowest BCUT2D eigenvalue weighted by Gasteiger charge is -2.14. The molecule has 30 heavy (non-hydrogen) atoms. The minimum atomic E-state index is -0.332. The second-order valence-corrected chi connectivity index (χ2v) is 7.23. The number of benzene rings is 2. The summed E-state index contributed by atoms with van der Waals surface area (Å²) in [5, 5.41) is 8.48. The Labute approximate surface area is 178 Å². The number of anilines is 1. The van der Waals surface area contributed by atoms with Gasteiger partial charge in [-0.1, -0.05) is 29.8 Å². The first-order valence-corrected chi connectivity index (χ1v) is 9.81. The first-order chi connectivity index (χ1) is 14.5. The Morgan fingerprint density at radius 3 is 2.80 bits per heavy atom. The summed E-state index contributed by atoms with van der Waals surface area (Å²) in [6.45, 7) is 2.60. The lowest BCUT2D eigenvalue weighted by atomic mass is 10.1. The van der Waals surface area contributed by atoms with Crippen molar-refractivity contribution >= 4 is 34.2 Å². The number of aromatic nitrogens is 2. The van der Waals surface area contributed by atoms with Gasteiger partial charge < -0.3 is 20.2 Å². The predicted molar refractivity (Wildman–Crippen MR) is 117 cm³/mol. The number of furan rings is 1. The number of carbonyl (C=O) groups excluding carboxylic acids is 1. The molecule has 154 valence electrons. The van der Waals surface area contributed by atoms with Gasteiger partial charge in [-0.15, -0.1) is 0 Å². The van der Waals surface area contributed by atoms with Gasteiger partial charge in [0.1, 0.15) is 17.9 Å². The van der Waals surface area contributed by atoms with E-state index < -0.39 is 0 Å². The van der Waals surface area contributed by atoms with Gasteiger partial charge in [0.05, 0.1) is 16.9 Å². The molecule has 0 saturated carbocycles. The van der Waals surface area contributed by atoms with Crippen molar-refractivity contribution in [1.29, 1.82) is 0 Å². The van der Waals surface area contributed by atoms with Crippen LogP contribution in [0.1, 0.15) is 16.1 Å². The minimum absolute atomic E-state index is 0.278. The van der Waals surface area contributed by atoms with Crippen LogP contribution in [-0.4, -0.2) is 28.8 Å². The van der Waals surface area contributed by atoms with Gasteiger partial charge in [0.15, 0.2) is 5.76 Å². The predicted octanol–water partition coefficient (Wildman–Crippen LogP) is 4.38. The normalized spacial score (nSPS) is 11.1. The summed E-state index contributed by atoms with van der Waals surface area (Å²) >= 11 is 6.34. The van der Waals surface area contributed by atoms with Crippen LogP contribution in [0.25, 0.3) is 22.2 Å². The molecule has 8 heteroatoms. The Morgan fingerprint density at radius 1 is 1.30 bits per heavy atom. The maximum atomic E-state index is 12.9. The van der Waals surface area contributed by atoms with E-state index in [2.05, 4.69) is 10.4 Å². The van der Waals surface area contributed by atoms with Gasteiger partial charge in [0.2, 0.25) is 0 Å². The molecule has 1 amide bonds. The van der Waals surface area contributed by atoms with Crippen LogP contribution in [0.4, 0.5) is 5.69 Å². The van der Waals surface area contributed by atoms with E-state index in [9.17, 15) is 4.79 Å². The van der Waals surface area contributed by atoms with Crippen molar-refractivity contribution in [3.05, 3.63) is 65.0 Å². The molecule has 0 aliphatic rings. The number of hydrogen-bond acceptors (Lipinski definition) is 5. The van der Waals surface area contributed by atoms with Gasteiger partial charge in [0.25, 0.3) is 5.91 Å². The van der Waals surface area contributed by atoms with E-state index in [4.69, 9.17) is 26.5 Å². The molecule has 0 fully saturated rings. The number of ether oxygens (including phenoxy) is 1. The zero-order valence-corrected chi connectivity index (χ0v) is 17.4. The van der Waals surface area contributed by atoms with Crippen molar-refractivity contribution in [2.24, 2.45) is 12.8 Å². The highest BCUT2D eigenvalue weighted by molar-refractivity contribution is 6.33. The number of nitrogens with zero attached hydrogens (tertiary/aromatic N) is 2. The van der Waals surface area contributed by atoms with Crippen molar-refractivity contribution in [3.63, 3.8) is 0 Å². The van der Waals surface area contributed by atoms with Crippen molar-refractivity contribution in [2.75, 3.05) is 18.5 Å². The summed E-state index contributed by atoms with van der Waals surface area (Å²) in [5.41, 5.74) is 9.00. The third-order valence-corrected chi connectivity index (χ3v) is 5.09. The van der Waals surface area contributed by atoms with Crippen molar-refractivity contribution in [2.45, 2.75) is 6.92 Å². The summed E-state index contributed by atoms with van der Waals surface area (Å²) in [6, 6.07) is 12.9. The molecule has 2 aromatic carbocycles. The van der Waals surface area contributed by atoms with Gasteiger partial charge in [0, 0.05) is 35.8 Å². The fraction of sp³-hybridized carbons (Fsp3) is 0.182. The quantitative estimate of drug-likeness (QED) is 0.478. The fourth-order valence-corrected chi connectivity index (χ4v) is 3.65. The number of nitrogens with one attached hydrogen (secondary N) is 1. The molecule has 7 nitrogen and oxygen atoms in total. The second-order valence-electron chi connectivity index (χ2n) is 6.82. The Balaban J connectivity index is 1.70. The third-order valence-electron chi connectivity index (χ3n) is 4.81. The monoisotopic (exact) mass is 424 g/mol. The van der Waals surface area contributed by atoms with Crippen LogP contribution >= 0.6 is 11.6 Å². The topological polar surface area (TPSA) is 95.3 Å². The molecule has 0 radical (unpaired) electrons. The number of halogens is 1. The van der Waals surface area contributed by atoms with Crippen LogP contribution in [0.2, 0.25) is 5.02 Å². The van der Waals surface area contributed by atoms with Gasteiger partial charge in [-0.2, -0.15) is 5.10 Å². The summed E-state index contributed by atoms with van der Waals surface area (Å²) in [6.07, 6.45) is 1.56. The van der Waals surface area contributed by atoms with E-state index in [1.807, 2.05) is 31.2 Å². The standard InChI is InChI=1S/C22H21ClN4O3/c1-13-15-5-3-4-6-19(15)30-21(13)22(28)26-14-7-8-18(29-10-9-24)16(11-14)20-17(23)12-25-27(20)2/h3-8,11-12H,9-10,24H2,1-2H3,(H,26,28). The maximum absolute atomic E-state index is 12.9. The van der Waals surface area contributed by atoms with Gasteiger partial charge in [-0.3, -0.25) is 9.48 Å². The average molecular weight is 425 g/mol. The SMILES string of the molecule is Cc1c(C(=O)Nc2ccc(OCCN)c(-c3c(Cl)cnn3C)c2)oc2ccccc12. The lowest BCUT2D eigenvalue weighted by Crippen LogP contribution is -2.13. The molecule has 0 atom stereocenters. The van der Waals surface area contributed by atoms with E-state index in [0.29, 0.717) is 46.5 Å². The van der Waals surface area contributed by atoms with Crippen molar-refractivity contribution in [1.82, 2.24) is 9.78 Å². The number of carbonyl (C=O) groups is 1. The van der Waals surface area contributed by atoms with Crippen molar-refractivity contribution in [3.8, 4) is 17.0 Å². The molecule has 4 rings (SSSR count). The number of fused-ring (bicyclic) bond motifs is 1. The first kappa shape index (κ1) is 20.0. The zero-order valence-electron chi connectivity index (χ0n) is 16.6. The molecule has 2 heterocycles. The molecule has 0 aliphatic heterocycles. The molecule has 0 spiro atoms. The average Bonchev–Trinajstić information content (AvgIpc) is 3.26. The van der Waals surface area contributed by atoms with Crippen LogP contribution in [0.15, 0.2) is 53.1 Å². The van der Waals surface area contributed by atoms with E-state index in [0.717, 1.165) is 10.9 Å². The molecule has 0 aliphatic carbocycles. The van der Waals surface area contributed by atoms with E-state index >= 15 is 0 Å². The van der Waals surface area contributed by atoms with Gasteiger partial charge in [-0.05, 0) is 31.2 Å². The minimum Gasteiger partial charge on any atom is -0.492 e. The molecular weight excluding hydrogens is 404 g/mol. The Hall–Kier alpha value is -3.29. The van der Waals surface area contributed by atoms with Crippen LogP contribution in [0, 0.1) is 6.92 Å². The van der Waals surface area contributed by atoms with Gasteiger partial charge >= 0.3 is 0 Å². The van der Waals surface area contributed by atoms with Crippen LogP contribution < -0.4 is 15.8 Å². The largest absolute Gasteiger partial charge is 0.492 e. The van der Waals surface area contributed by atoms with Crippen molar-refractivity contribution < 1.29 is 13.9 Å². The number of nitrogens with two attached hydrogens (primary N) is 1. The number of para-hydroxylation sites is 1. The molecule has 3 N–H and O–H groups in total. The number of amides is 1. The van der Waals surface area contributed by atoms with E-state index in [-0.39, 0.29) is 11.7 Å². The lowest BCUT2D eigenvalue weighted by molar-refractivity contribution is 0.0998. The smallest absolute Gasteiger partial charge is 0.291 e. The molecule has 0 bridgehead atoms. The Kier molecular flexibility index (Phi) is 5.48. The van der Waals surface area contributed by atoms with E-state index in [1.165, 1.54) is 0 Å². The highest BCUT2D eigenvalue weighted by Gasteiger charge is 2.20. The number of hydrogen-bond donors (Lipinski definition) is 2. The number of aryl methyl sites for hydroxylation is 2. The van der Waals surface area contributed by atoms with Crippen LogP contribution in [0.3, 0.4) is 0 Å². The van der Waals surface area contributed by atoms with Crippen LogP contribution in [-0.2, 0) is 7.05 Å². The molecule has 2 aromatic heterocycles. The van der Waals surface area contributed by atoms with Crippen LogP contribution in [0.5, 0.6) is 5.75 Å². The maximum Gasteiger partial charge on any atom is 0.291 e. The number of rotatable bonds is 6. The molecule has 0 unspecified atom stereocenters. The first-order valence-electron chi connectivity index (χ1n) is 9.44. The highest BCUT2D eigenvalue weighted by Crippen LogP contribution is 2.37. The highest BCUT2D eigenvalue weighted by atomic mass is 35.5. The third kappa shape index (κ3) is 3.65. The molecule has 0 saturated heterocycles. The summed E-state index contributed by atoms with van der Waals surface area (Å²) in [5.74, 6) is 0.546. The summed E-state index contributed by atoms with van der Waals surface area (Å²) in [4.78, 5) is 12.9. The molecular formula is C22H21ClN4O3. The summed E-state index contributed by atoms with van der Waals surface area (Å²) in [7, 11) is 1.79. The molecule has 4 aromatic rings. The fourth-order valence-electron chi connectivity index (χ4n) is 3.38. The summed E-state index contributed by atoms with van der Waals surface area (Å²) < 4.78 is 13.2. The Morgan fingerprint density at radius 2 is 2.10 bits per heavy atom. The van der Waals surface area contributed by atoms with Gasteiger partial charge in [-0.25, -0.2) is 0 Å². The zero-order chi connectivity index (χ0) is 21.3. The van der Waals surface area contributed by atoms with E-state index in [1.54, 1.807) is 36.1 Å². The second kappa shape index (κ2) is 8.22.